The number of pyridine rings is 1. The lowest BCUT2D eigenvalue weighted by molar-refractivity contribution is 0.435. The second kappa shape index (κ2) is 7.49. The van der Waals surface area contributed by atoms with Gasteiger partial charge in [-0.05, 0) is 49.8 Å². The van der Waals surface area contributed by atoms with Crippen LogP contribution in [0, 0.1) is 5.92 Å². The lowest BCUT2D eigenvalue weighted by Gasteiger charge is -2.21. The third kappa shape index (κ3) is 4.20. The van der Waals surface area contributed by atoms with Crippen molar-refractivity contribution >= 4 is 5.82 Å². The van der Waals surface area contributed by atoms with Gasteiger partial charge in [0, 0.05) is 19.3 Å². The van der Waals surface area contributed by atoms with E-state index in [9.17, 15) is 0 Å². The molecule has 1 aromatic heterocycles. The monoisotopic (exact) mass is 261 g/mol. The van der Waals surface area contributed by atoms with E-state index in [0.717, 1.165) is 31.2 Å². The van der Waals surface area contributed by atoms with Crippen LogP contribution in [0.3, 0.4) is 0 Å². The molecule has 0 aliphatic carbocycles. The number of hydrogen-bond acceptors (Lipinski definition) is 3. The Bertz CT molecular complexity index is 361. The number of hydrogen-bond donors (Lipinski definition) is 1. The summed E-state index contributed by atoms with van der Waals surface area (Å²) in [5.74, 6) is 2.06. The lowest BCUT2D eigenvalue weighted by atomic mass is 9.96. The van der Waals surface area contributed by atoms with Crippen LogP contribution >= 0.6 is 0 Å². The van der Waals surface area contributed by atoms with Crippen LogP contribution in [-0.2, 0) is 6.42 Å². The quantitative estimate of drug-likeness (QED) is 0.886. The van der Waals surface area contributed by atoms with E-state index >= 15 is 0 Å². The van der Waals surface area contributed by atoms with Gasteiger partial charge in [0.05, 0.1) is 0 Å². The maximum Gasteiger partial charge on any atom is 0.128 e. The summed E-state index contributed by atoms with van der Waals surface area (Å²) in [4.78, 5) is 7.05. The van der Waals surface area contributed by atoms with Crippen LogP contribution in [0.25, 0.3) is 0 Å². The second-order valence-corrected chi connectivity index (χ2v) is 5.64. The van der Waals surface area contributed by atoms with E-state index in [0.29, 0.717) is 6.54 Å². The number of nitrogens with zero attached hydrogens (tertiary/aromatic N) is 2. The summed E-state index contributed by atoms with van der Waals surface area (Å²) in [6.07, 6.45) is 9.61. The third-order valence-electron chi connectivity index (χ3n) is 4.11. The summed E-state index contributed by atoms with van der Waals surface area (Å²) in [5.41, 5.74) is 6.81. The molecule has 1 aromatic rings. The molecule has 1 saturated heterocycles. The fourth-order valence-electron chi connectivity index (χ4n) is 3.01. The number of anilines is 1. The molecule has 2 rings (SSSR count). The van der Waals surface area contributed by atoms with E-state index in [-0.39, 0.29) is 0 Å². The standard InChI is InChI=1S/C16H27N3/c1-2-4-14-5-3-11-19(12-9-14)16-7-6-15(8-10-17)13-18-16/h6-7,13-14H,2-5,8-12,17H2,1H3. The molecule has 0 radical (unpaired) electrons. The predicted octanol–water partition coefficient (Wildman–Crippen LogP) is 2.99. The van der Waals surface area contributed by atoms with Crippen molar-refractivity contribution in [2.24, 2.45) is 11.7 Å². The topological polar surface area (TPSA) is 42.1 Å². The van der Waals surface area contributed by atoms with E-state index in [1.54, 1.807) is 0 Å². The Morgan fingerprint density at radius 2 is 2.21 bits per heavy atom. The van der Waals surface area contributed by atoms with Crippen molar-refractivity contribution in [3.05, 3.63) is 23.9 Å². The summed E-state index contributed by atoms with van der Waals surface area (Å²) in [6.45, 7) is 5.31. The maximum absolute atomic E-state index is 5.57. The summed E-state index contributed by atoms with van der Waals surface area (Å²) in [5, 5.41) is 0. The molecule has 1 aliphatic heterocycles. The van der Waals surface area contributed by atoms with Gasteiger partial charge in [-0.2, -0.15) is 0 Å². The first-order valence-electron chi connectivity index (χ1n) is 7.73. The number of nitrogens with two attached hydrogens (primary N) is 1. The first-order valence-corrected chi connectivity index (χ1v) is 7.73. The highest BCUT2D eigenvalue weighted by Crippen LogP contribution is 2.24. The molecule has 19 heavy (non-hydrogen) atoms. The zero-order valence-corrected chi connectivity index (χ0v) is 12.1. The van der Waals surface area contributed by atoms with Crippen molar-refractivity contribution in [1.29, 1.82) is 0 Å². The molecule has 1 fully saturated rings. The zero-order valence-electron chi connectivity index (χ0n) is 12.1. The van der Waals surface area contributed by atoms with Gasteiger partial charge >= 0.3 is 0 Å². The molecule has 0 bridgehead atoms. The van der Waals surface area contributed by atoms with Crippen LogP contribution < -0.4 is 10.6 Å². The molecule has 2 N–H and O–H groups in total. The van der Waals surface area contributed by atoms with Crippen molar-refractivity contribution in [1.82, 2.24) is 4.98 Å². The van der Waals surface area contributed by atoms with Crippen LogP contribution in [0.2, 0.25) is 0 Å². The van der Waals surface area contributed by atoms with Gasteiger partial charge in [0.15, 0.2) is 0 Å². The fraction of sp³-hybridized carbons (Fsp3) is 0.688. The normalized spacial score (nSPS) is 20.3. The highest BCUT2D eigenvalue weighted by molar-refractivity contribution is 5.39. The largest absolute Gasteiger partial charge is 0.357 e. The summed E-state index contributed by atoms with van der Waals surface area (Å²) < 4.78 is 0. The Morgan fingerprint density at radius 3 is 2.89 bits per heavy atom. The lowest BCUT2D eigenvalue weighted by Crippen LogP contribution is -2.25. The first kappa shape index (κ1) is 14.3. The van der Waals surface area contributed by atoms with E-state index in [1.807, 2.05) is 6.20 Å². The highest BCUT2D eigenvalue weighted by Gasteiger charge is 2.17. The Morgan fingerprint density at radius 1 is 1.32 bits per heavy atom. The van der Waals surface area contributed by atoms with Crippen molar-refractivity contribution in [3.8, 4) is 0 Å². The molecule has 0 saturated carbocycles. The van der Waals surface area contributed by atoms with Crippen LogP contribution in [0.1, 0.15) is 44.6 Å². The second-order valence-electron chi connectivity index (χ2n) is 5.64. The van der Waals surface area contributed by atoms with Crippen LogP contribution in [-0.4, -0.2) is 24.6 Å². The molecular formula is C16H27N3. The first-order chi connectivity index (χ1) is 9.33. The summed E-state index contributed by atoms with van der Waals surface area (Å²) in [7, 11) is 0. The van der Waals surface area contributed by atoms with Gasteiger partial charge in [-0.3, -0.25) is 0 Å². The van der Waals surface area contributed by atoms with Crippen LogP contribution in [0.4, 0.5) is 5.82 Å². The molecule has 0 aromatic carbocycles. The van der Waals surface area contributed by atoms with Crippen molar-refractivity contribution < 1.29 is 0 Å². The Kier molecular flexibility index (Phi) is 5.64. The predicted molar refractivity (Wildman–Crippen MR) is 81.5 cm³/mol. The van der Waals surface area contributed by atoms with Gasteiger partial charge < -0.3 is 10.6 Å². The van der Waals surface area contributed by atoms with Gasteiger partial charge in [0.2, 0.25) is 0 Å². The smallest absolute Gasteiger partial charge is 0.128 e. The van der Waals surface area contributed by atoms with Crippen molar-refractivity contribution in [2.75, 3.05) is 24.5 Å². The van der Waals surface area contributed by atoms with Gasteiger partial charge in [-0.25, -0.2) is 4.98 Å². The molecule has 106 valence electrons. The molecule has 1 unspecified atom stereocenters. The average molecular weight is 261 g/mol. The molecule has 3 nitrogen and oxygen atoms in total. The number of rotatable bonds is 5. The van der Waals surface area contributed by atoms with Crippen molar-refractivity contribution in [3.63, 3.8) is 0 Å². The van der Waals surface area contributed by atoms with Crippen molar-refractivity contribution in [2.45, 2.75) is 45.4 Å². The molecule has 1 atom stereocenters. The molecular weight excluding hydrogens is 234 g/mol. The SMILES string of the molecule is CCCC1CCCN(c2ccc(CCN)cn2)CC1. The minimum atomic E-state index is 0.698. The van der Waals surface area contributed by atoms with E-state index in [1.165, 1.54) is 37.7 Å². The minimum Gasteiger partial charge on any atom is -0.357 e. The molecule has 0 amide bonds. The third-order valence-corrected chi connectivity index (χ3v) is 4.11. The zero-order chi connectivity index (χ0) is 13.5. The van der Waals surface area contributed by atoms with Gasteiger partial charge in [-0.1, -0.05) is 25.8 Å². The molecule has 2 heterocycles. The Labute approximate surface area is 117 Å². The van der Waals surface area contributed by atoms with Crippen LogP contribution in [0.5, 0.6) is 0 Å². The van der Waals surface area contributed by atoms with Gasteiger partial charge in [-0.15, -0.1) is 0 Å². The maximum atomic E-state index is 5.57. The van der Waals surface area contributed by atoms with E-state index < -0.39 is 0 Å². The van der Waals surface area contributed by atoms with Crippen LogP contribution in [0.15, 0.2) is 18.3 Å². The minimum absolute atomic E-state index is 0.698. The van der Waals surface area contributed by atoms with E-state index in [4.69, 9.17) is 5.73 Å². The van der Waals surface area contributed by atoms with E-state index in [2.05, 4.69) is 28.9 Å². The summed E-state index contributed by atoms with van der Waals surface area (Å²) in [6, 6.07) is 4.33. The number of aromatic nitrogens is 1. The fourth-order valence-corrected chi connectivity index (χ4v) is 3.01. The molecule has 0 spiro atoms. The molecule has 1 aliphatic rings. The summed E-state index contributed by atoms with van der Waals surface area (Å²) >= 11 is 0. The highest BCUT2D eigenvalue weighted by atomic mass is 15.2. The Balaban J connectivity index is 1.93. The Hall–Kier alpha value is -1.09. The molecule has 3 heteroatoms. The average Bonchev–Trinajstić information content (AvgIpc) is 2.66. The van der Waals surface area contributed by atoms with Gasteiger partial charge in [0.25, 0.3) is 0 Å². The van der Waals surface area contributed by atoms with Gasteiger partial charge in [0.1, 0.15) is 5.82 Å².